The van der Waals surface area contributed by atoms with Crippen LogP contribution in [0.1, 0.15) is 58.3 Å². The number of nitrogens with zero attached hydrogens (tertiary/aromatic N) is 1. The van der Waals surface area contributed by atoms with Crippen molar-refractivity contribution in [2.45, 2.75) is 70.4 Å². The van der Waals surface area contributed by atoms with Crippen LogP contribution in [0.4, 0.5) is 0 Å². The standard InChI is InChI=1S/C15H31N3O2S/c1-3-13-5-7-15(8-6-13)17-21(19,20)18(2)12-4-11-16-14-9-10-14/h13-17H,3-12H2,1-2H3. The van der Waals surface area contributed by atoms with Crippen molar-refractivity contribution in [1.82, 2.24) is 14.3 Å². The molecule has 21 heavy (non-hydrogen) atoms. The Bertz CT molecular complexity index is 401. The van der Waals surface area contributed by atoms with Crippen molar-refractivity contribution in [3.63, 3.8) is 0 Å². The number of nitrogens with one attached hydrogen (secondary N) is 2. The van der Waals surface area contributed by atoms with E-state index in [9.17, 15) is 8.42 Å². The molecule has 2 saturated carbocycles. The maximum atomic E-state index is 12.3. The molecule has 0 spiro atoms. The van der Waals surface area contributed by atoms with E-state index in [0.717, 1.165) is 44.6 Å². The Kier molecular flexibility index (Phi) is 6.47. The second-order valence-electron chi connectivity index (χ2n) is 6.65. The fourth-order valence-electron chi connectivity index (χ4n) is 3.00. The summed E-state index contributed by atoms with van der Waals surface area (Å²) in [5.41, 5.74) is 0. The lowest BCUT2D eigenvalue weighted by molar-refractivity contribution is 0.302. The zero-order valence-corrected chi connectivity index (χ0v) is 14.3. The molecule has 0 aromatic rings. The van der Waals surface area contributed by atoms with Crippen LogP contribution in [-0.4, -0.2) is 44.9 Å². The number of rotatable bonds is 9. The van der Waals surface area contributed by atoms with Crippen LogP contribution in [0, 0.1) is 5.92 Å². The van der Waals surface area contributed by atoms with Crippen molar-refractivity contribution in [3.05, 3.63) is 0 Å². The van der Waals surface area contributed by atoms with Gasteiger partial charge < -0.3 is 5.32 Å². The summed E-state index contributed by atoms with van der Waals surface area (Å²) >= 11 is 0. The summed E-state index contributed by atoms with van der Waals surface area (Å²) in [6.45, 7) is 3.71. The molecule has 0 atom stereocenters. The van der Waals surface area contributed by atoms with Crippen molar-refractivity contribution in [1.29, 1.82) is 0 Å². The van der Waals surface area contributed by atoms with E-state index in [2.05, 4.69) is 17.0 Å². The minimum absolute atomic E-state index is 0.129. The monoisotopic (exact) mass is 317 g/mol. The second kappa shape index (κ2) is 7.90. The van der Waals surface area contributed by atoms with E-state index >= 15 is 0 Å². The topological polar surface area (TPSA) is 61.4 Å². The average molecular weight is 317 g/mol. The summed E-state index contributed by atoms with van der Waals surface area (Å²) in [6.07, 6.45) is 8.90. The number of hydrogen-bond acceptors (Lipinski definition) is 3. The van der Waals surface area contributed by atoms with Gasteiger partial charge in [-0.1, -0.05) is 13.3 Å². The molecule has 2 N–H and O–H groups in total. The van der Waals surface area contributed by atoms with Gasteiger partial charge in [0.1, 0.15) is 0 Å². The maximum Gasteiger partial charge on any atom is 0.279 e. The first kappa shape index (κ1) is 17.2. The third-order valence-corrected chi connectivity index (χ3v) is 6.44. The summed E-state index contributed by atoms with van der Waals surface area (Å²) < 4.78 is 28.9. The van der Waals surface area contributed by atoms with Crippen LogP contribution in [0.15, 0.2) is 0 Å². The van der Waals surface area contributed by atoms with Gasteiger partial charge >= 0.3 is 0 Å². The summed E-state index contributed by atoms with van der Waals surface area (Å²) in [5, 5.41) is 3.41. The van der Waals surface area contributed by atoms with Gasteiger partial charge in [-0.25, -0.2) is 0 Å². The Morgan fingerprint density at radius 2 is 1.67 bits per heavy atom. The molecule has 2 aliphatic carbocycles. The molecule has 0 aliphatic heterocycles. The minimum Gasteiger partial charge on any atom is -0.314 e. The van der Waals surface area contributed by atoms with Gasteiger partial charge in [0.05, 0.1) is 0 Å². The Labute approximate surface area is 130 Å². The van der Waals surface area contributed by atoms with Gasteiger partial charge in [-0.3, -0.25) is 0 Å². The molecule has 0 bridgehead atoms. The van der Waals surface area contributed by atoms with E-state index < -0.39 is 10.2 Å². The highest BCUT2D eigenvalue weighted by Crippen LogP contribution is 2.26. The number of hydrogen-bond donors (Lipinski definition) is 2. The van der Waals surface area contributed by atoms with Crippen LogP contribution in [0.3, 0.4) is 0 Å². The van der Waals surface area contributed by atoms with E-state index in [-0.39, 0.29) is 6.04 Å². The molecular formula is C15H31N3O2S. The highest BCUT2D eigenvalue weighted by atomic mass is 32.2. The minimum atomic E-state index is -3.31. The Hall–Kier alpha value is -0.170. The molecular weight excluding hydrogens is 286 g/mol. The summed E-state index contributed by atoms with van der Waals surface area (Å²) in [5.74, 6) is 0.789. The van der Waals surface area contributed by atoms with Crippen molar-refractivity contribution in [2.24, 2.45) is 5.92 Å². The molecule has 6 heteroatoms. The molecule has 5 nitrogen and oxygen atoms in total. The van der Waals surface area contributed by atoms with Crippen LogP contribution in [0.5, 0.6) is 0 Å². The highest BCUT2D eigenvalue weighted by molar-refractivity contribution is 7.87. The van der Waals surface area contributed by atoms with Crippen LogP contribution in [0.2, 0.25) is 0 Å². The quantitative estimate of drug-likeness (QED) is 0.638. The molecule has 0 amide bonds. The molecule has 0 unspecified atom stereocenters. The van der Waals surface area contributed by atoms with Crippen LogP contribution in [-0.2, 0) is 10.2 Å². The van der Waals surface area contributed by atoms with Crippen molar-refractivity contribution in [3.8, 4) is 0 Å². The highest BCUT2D eigenvalue weighted by Gasteiger charge is 2.26. The molecule has 124 valence electrons. The van der Waals surface area contributed by atoms with Gasteiger partial charge in [0.15, 0.2) is 0 Å². The van der Waals surface area contributed by atoms with E-state index in [1.807, 2.05) is 0 Å². The molecule has 0 aromatic heterocycles. The summed E-state index contributed by atoms with van der Waals surface area (Å²) in [4.78, 5) is 0. The van der Waals surface area contributed by atoms with Gasteiger partial charge in [0.25, 0.3) is 10.2 Å². The third-order valence-electron chi connectivity index (χ3n) is 4.81. The van der Waals surface area contributed by atoms with Gasteiger partial charge in [0, 0.05) is 25.7 Å². The normalized spacial score (nSPS) is 27.2. The van der Waals surface area contributed by atoms with Crippen molar-refractivity contribution in [2.75, 3.05) is 20.1 Å². The van der Waals surface area contributed by atoms with Crippen molar-refractivity contribution >= 4 is 10.2 Å². The van der Waals surface area contributed by atoms with Gasteiger partial charge in [-0.15, -0.1) is 0 Å². The van der Waals surface area contributed by atoms with Crippen molar-refractivity contribution < 1.29 is 8.42 Å². The largest absolute Gasteiger partial charge is 0.314 e. The Morgan fingerprint density at radius 1 is 1.05 bits per heavy atom. The Morgan fingerprint density at radius 3 is 2.24 bits per heavy atom. The molecule has 2 aliphatic rings. The SMILES string of the molecule is CCC1CCC(NS(=O)(=O)N(C)CCCNC2CC2)CC1. The summed E-state index contributed by atoms with van der Waals surface area (Å²) in [7, 11) is -1.64. The molecule has 0 saturated heterocycles. The fraction of sp³-hybridized carbons (Fsp3) is 1.00. The third kappa shape index (κ3) is 5.85. The molecule has 0 radical (unpaired) electrons. The smallest absolute Gasteiger partial charge is 0.279 e. The molecule has 0 heterocycles. The van der Waals surface area contributed by atoms with Crippen LogP contribution in [0.25, 0.3) is 0 Å². The lowest BCUT2D eigenvalue weighted by Crippen LogP contribution is -2.45. The second-order valence-corrected chi connectivity index (χ2v) is 8.46. The van der Waals surface area contributed by atoms with E-state index in [1.165, 1.54) is 23.6 Å². The van der Waals surface area contributed by atoms with E-state index in [1.54, 1.807) is 7.05 Å². The summed E-state index contributed by atoms with van der Waals surface area (Å²) in [6, 6.07) is 0.823. The first-order valence-electron chi connectivity index (χ1n) is 8.48. The van der Waals surface area contributed by atoms with Crippen LogP contribution >= 0.6 is 0 Å². The van der Waals surface area contributed by atoms with Crippen LogP contribution < -0.4 is 10.0 Å². The first-order valence-corrected chi connectivity index (χ1v) is 9.92. The van der Waals surface area contributed by atoms with Gasteiger partial charge in [-0.05, 0) is 57.4 Å². The maximum absolute atomic E-state index is 12.3. The zero-order chi connectivity index (χ0) is 15.3. The first-order chi connectivity index (χ1) is 10.0. The lowest BCUT2D eigenvalue weighted by atomic mass is 9.85. The van der Waals surface area contributed by atoms with E-state index in [0.29, 0.717) is 12.6 Å². The molecule has 2 fully saturated rings. The lowest BCUT2D eigenvalue weighted by Gasteiger charge is -2.29. The molecule has 2 rings (SSSR count). The molecule has 0 aromatic carbocycles. The predicted molar refractivity (Wildman–Crippen MR) is 86.4 cm³/mol. The zero-order valence-electron chi connectivity index (χ0n) is 13.5. The van der Waals surface area contributed by atoms with E-state index in [4.69, 9.17) is 0 Å². The average Bonchev–Trinajstić information content (AvgIpc) is 3.28. The fourth-order valence-corrected chi connectivity index (χ4v) is 4.21. The van der Waals surface area contributed by atoms with Gasteiger partial charge in [0.2, 0.25) is 0 Å². The Balaban J connectivity index is 1.67. The predicted octanol–water partition coefficient (Wildman–Crippen LogP) is 1.86. The van der Waals surface area contributed by atoms with Gasteiger partial charge in [-0.2, -0.15) is 17.4 Å².